The lowest BCUT2D eigenvalue weighted by Crippen LogP contribution is -2.19. The van der Waals surface area contributed by atoms with E-state index in [0.29, 0.717) is 25.8 Å². The van der Waals surface area contributed by atoms with Crippen LogP contribution in [0, 0.1) is 0 Å². The van der Waals surface area contributed by atoms with Crippen molar-refractivity contribution in [3.05, 3.63) is 56.9 Å². The lowest BCUT2D eigenvalue weighted by Gasteiger charge is -2.01. The number of carbonyl (C=O) groups is 1. The molecule has 0 spiro atoms. The fourth-order valence-electron chi connectivity index (χ4n) is 2.47. The van der Waals surface area contributed by atoms with E-state index in [4.69, 9.17) is 23.2 Å². The Bertz CT molecular complexity index is 1090. The first-order chi connectivity index (χ1) is 12.5. The Hall–Kier alpha value is -2.35. The molecule has 3 aromatic rings. The lowest BCUT2D eigenvalue weighted by atomic mass is 10.2. The number of amides is 1. The highest BCUT2D eigenvalue weighted by molar-refractivity contribution is 8.18. The van der Waals surface area contributed by atoms with Crippen LogP contribution in [-0.4, -0.2) is 26.1 Å². The summed E-state index contributed by atoms with van der Waals surface area (Å²) in [4.78, 5) is 17.2. The summed E-state index contributed by atoms with van der Waals surface area (Å²) < 4.78 is 1.69. The van der Waals surface area contributed by atoms with Gasteiger partial charge < -0.3 is 5.32 Å². The van der Waals surface area contributed by atoms with E-state index in [9.17, 15) is 4.79 Å². The number of rotatable bonds is 2. The molecule has 0 radical (unpaired) electrons. The maximum Gasteiger partial charge on any atom is 0.264 e. The number of aliphatic imine (C=N–C) groups is 1. The van der Waals surface area contributed by atoms with Gasteiger partial charge in [-0.05, 0) is 47.7 Å². The smallest absolute Gasteiger partial charge is 0.264 e. The number of para-hydroxylation sites is 1. The van der Waals surface area contributed by atoms with Crippen LogP contribution >= 0.6 is 35.0 Å². The van der Waals surface area contributed by atoms with Gasteiger partial charge in [-0.2, -0.15) is 0 Å². The van der Waals surface area contributed by atoms with Crippen molar-refractivity contribution in [1.82, 2.24) is 20.3 Å². The van der Waals surface area contributed by atoms with Crippen molar-refractivity contribution in [1.29, 1.82) is 0 Å². The number of hydrogen-bond donors (Lipinski definition) is 1. The predicted octanol–water partition coefficient (Wildman–Crippen LogP) is 4.17. The van der Waals surface area contributed by atoms with Gasteiger partial charge in [0, 0.05) is 7.05 Å². The molecule has 0 atom stereocenters. The zero-order valence-electron chi connectivity index (χ0n) is 13.4. The fraction of sp³-hybridized carbons (Fsp3) is 0.0588. The molecule has 1 aliphatic heterocycles. The van der Waals surface area contributed by atoms with Gasteiger partial charge in [-0.1, -0.05) is 40.5 Å². The van der Waals surface area contributed by atoms with E-state index in [-0.39, 0.29) is 5.91 Å². The summed E-state index contributed by atoms with van der Waals surface area (Å²) in [7, 11) is 1.82. The number of benzene rings is 2. The molecule has 1 saturated heterocycles. The summed E-state index contributed by atoms with van der Waals surface area (Å²) in [5.74, 6) is -0.222. The van der Waals surface area contributed by atoms with Gasteiger partial charge >= 0.3 is 0 Å². The summed E-state index contributed by atoms with van der Waals surface area (Å²) in [6.45, 7) is 0. The molecule has 1 N–H and O–H groups in total. The van der Waals surface area contributed by atoms with E-state index in [1.807, 2.05) is 25.2 Å². The minimum atomic E-state index is -0.222. The number of halogens is 2. The van der Waals surface area contributed by atoms with Crippen LogP contribution in [0.1, 0.15) is 5.56 Å². The third kappa shape index (κ3) is 3.21. The largest absolute Gasteiger partial charge is 0.300 e. The van der Waals surface area contributed by atoms with Gasteiger partial charge in [-0.25, -0.2) is 9.67 Å². The zero-order valence-corrected chi connectivity index (χ0v) is 15.7. The number of nitrogens with one attached hydrogen (secondary N) is 1. The molecule has 9 heteroatoms. The number of hydrogen-bond acceptors (Lipinski definition) is 5. The average molecular weight is 404 g/mol. The average Bonchev–Trinajstić information content (AvgIpc) is 3.14. The Morgan fingerprint density at radius 3 is 2.77 bits per heavy atom. The second-order valence-corrected chi connectivity index (χ2v) is 7.36. The molecule has 6 nitrogen and oxygen atoms in total. The van der Waals surface area contributed by atoms with Crippen LogP contribution in [0.2, 0.25) is 10.0 Å². The second kappa shape index (κ2) is 6.75. The third-order valence-electron chi connectivity index (χ3n) is 3.73. The van der Waals surface area contributed by atoms with Gasteiger partial charge in [-0.3, -0.25) is 4.79 Å². The first-order valence-electron chi connectivity index (χ1n) is 7.54. The van der Waals surface area contributed by atoms with E-state index >= 15 is 0 Å². The fourth-order valence-corrected chi connectivity index (χ4v) is 3.78. The number of aryl methyl sites for hydroxylation is 1. The monoisotopic (exact) mass is 403 g/mol. The molecule has 1 fully saturated rings. The number of nitrogens with zero attached hydrogens (tertiary/aromatic N) is 4. The highest BCUT2D eigenvalue weighted by Gasteiger charge is 2.24. The molecule has 1 aliphatic rings. The molecule has 1 amide bonds. The predicted molar refractivity (Wildman–Crippen MR) is 106 cm³/mol. The van der Waals surface area contributed by atoms with Crippen molar-refractivity contribution in [2.24, 2.45) is 12.0 Å². The Labute approximate surface area is 162 Å². The first-order valence-corrected chi connectivity index (χ1v) is 9.11. The molecule has 0 bridgehead atoms. The van der Waals surface area contributed by atoms with E-state index in [0.717, 1.165) is 16.6 Å². The van der Waals surface area contributed by atoms with Crippen molar-refractivity contribution < 1.29 is 4.79 Å². The molecular weight excluding hydrogens is 393 g/mol. The number of fused-ring (bicyclic) bond motifs is 1. The van der Waals surface area contributed by atoms with Crippen LogP contribution in [0.4, 0.5) is 5.69 Å². The normalized spacial score (nSPS) is 17.4. The number of amidine groups is 1. The third-order valence-corrected chi connectivity index (χ3v) is 5.25. The van der Waals surface area contributed by atoms with Crippen molar-refractivity contribution in [3.8, 4) is 0 Å². The van der Waals surface area contributed by atoms with Gasteiger partial charge in [0.2, 0.25) is 0 Å². The Morgan fingerprint density at radius 1 is 1.23 bits per heavy atom. The minimum absolute atomic E-state index is 0.222. The SMILES string of the molecule is Cn1nnc2ccc(/C=C3/SC(=Nc4c(Cl)cccc4Cl)NC3=O)cc21. The molecule has 26 heavy (non-hydrogen) atoms. The van der Waals surface area contributed by atoms with Crippen LogP contribution in [0.15, 0.2) is 46.3 Å². The second-order valence-electron chi connectivity index (χ2n) is 5.51. The van der Waals surface area contributed by atoms with Crippen molar-refractivity contribution in [2.75, 3.05) is 0 Å². The molecule has 130 valence electrons. The van der Waals surface area contributed by atoms with Gasteiger partial charge in [0.25, 0.3) is 5.91 Å². The van der Waals surface area contributed by atoms with Crippen molar-refractivity contribution >= 4 is 68.8 Å². The Morgan fingerprint density at radius 2 is 2.00 bits per heavy atom. The van der Waals surface area contributed by atoms with Crippen LogP contribution in [-0.2, 0) is 11.8 Å². The molecule has 2 heterocycles. The van der Waals surface area contributed by atoms with E-state index in [1.54, 1.807) is 29.0 Å². The molecule has 0 saturated carbocycles. The highest BCUT2D eigenvalue weighted by Crippen LogP contribution is 2.35. The van der Waals surface area contributed by atoms with Gasteiger partial charge in [0.15, 0.2) is 5.17 Å². The number of carbonyl (C=O) groups excluding carboxylic acids is 1. The lowest BCUT2D eigenvalue weighted by molar-refractivity contribution is -0.115. The number of aromatic nitrogens is 3. The van der Waals surface area contributed by atoms with Crippen molar-refractivity contribution in [3.63, 3.8) is 0 Å². The summed E-state index contributed by atoms with van der Waals surface area (Å²) in [6.07, 6.45) is 1.79. The van der Waals surface area contributed by atoms with Gasteiger partial charge in [-0.15, -0.1) is 5.10 Å². The van der Waals surface area contributed by atoms with Crippen molar-refractivity contribution in [2.45, 2.75) is 0 Å². The number of thioether (sulfide) groups is 1. The van der Waals surface area contributed by atoms with E-state index < -0.39 is 0 Å². The first kappa shape index (κ1) is 17.1. The summed E-state index contributed by atoms with van der Waals surface area (Å²) in [5, 5.41) is 12.0. The molecule has 4 rings (SSSR count). The Balaban J connectivity index is 1.66. The molecule has 0 aliphatic carbocycles. The van der Waals surface area contributed by atoms with Crippen LogP contribution in [0.25, 0.3) is 17.1 Å². The molecular formula is C17H11Cl2N5OS. The maximum atomic E-state index is 12.3. The summed E-state index contributed by atoms with van der Waals surface area (Å²) in [6, 6.07) is 10.8. The topological polar surface area (TPSA) is 72.2 Å². The maximum absolute atomic E-state index is 12.3. The van der Waals surface area contributed by atoms with Crippen LogP contribution in [0.3, 0.4) is 0 Å². The zero-order chi connectivity index (χ0) is 18.3. The summed E-state index contributed by atoms with van der Waals surface area (Å²) in [5.41, 5.74) is 2.99. The molecule has 0 unspecified atom stereocenters. The van der Waals surface area contributed by atoms with Crippen LogP contribution < -0.4 is 5.32 Å². The minimum Gasteiger partial charge on any atom is -0.300 e. The highest BCUT2D eigenvalue weighted by atomic mass is 35.5. The Kier molecular flexibility index (Phi) is 4.44. The van der Waals surface area contributed by atoms with E-state index in [2.05, 4.69) is 20.6 Å². The van der Waals surface area contributed by atoms with Gasteiger partial charge in [0.05, 0.1) is 20.5 Å². The quantitative estimate of drug-likeness (QED) is 0.651. The van der Waals surface area contributed by atoms with E-state index in [1.165, 1.54) is 11.8 Å². The van der Waals surface area contributed by atoms with Gasteiger partial charge in [0.1, 0.15) is 11.2 Å². The molecule has 2 aromatic carbocycles. The molecule has 1 aromatic heterocycles. The standard InChI is InChI=1S/C17H11Cl2N5OS/c1-24-13-7-9(5-6-12(13)22-23-24)8-14-16(25)21-17(26-14)20-15-10(18)3-2-4-11(15)19/h2-8H,1H3,(H,20,21,25)/b14-8+. The summed E-state index contributed by atoms with van der Waals surface area (Å²) >= 11 is 13.5. The van der Waals surface area contributed by atoms with Crippen LogP contribution in [0.5, 0.6) is 0 Å².